The summed E-state index contributed by atoms with van der Waals surface area (Å²) in [4.78, 5) is 8.91. The molecule has 0 aromatic rings. The normalized spacial score (nSPS) is 18.2. The lowest BCUT2D eigenvalue weighted by molar-refractivity contribution is 0.0940. The van der Waals surface area contributed by atoms with Gasteiger partial charge in [0.15, 0.2) is 0 Å². The summed E-state index contributed by atoms with van der Waals surface area (Å²) in [5.74, 6) is 0.126. The van der Waals surface area contributed by atoms with Gasteiger partial charge in [-0.3, -0.25) is 9.05 Å². The number of rotatable bonds is 7. The topological polar surface area (TPSA) is 65.0 Å². The molecule has 0 aliphatic carbocycles. The second-order valence-corrected chi connectivity index (χ2v) is 4.24. The first-order chi connectivity index (χ1) is 6.05. The minimum Gasteiger partial charge on any atom is -0.384 e. The van der Waals surface area contributed by atoms with Crippen LogP contribution in [0.2, 0.25) is 0 Å². The van der Waals surface area contributed by atoms with Crippen molar-refractivity contribution in [3.8, 4) is 0 Å². The third-order valence-corrected chi connectivity index (χ3v) is 2.62. The predicted molar refractivity (Wildman–Crippen MR) is 48.4 cm³/mol. The van der Waals surface area contributed by atoms with Gasteiger partial charge in [-0.05, 0) is 6.42 Å². The fourth-order valence-electron chi connectivity index (χ4n) is 0.772. The van der Waals surface area contributed by atoms with Gasteiger partial charge >= 0.3 is 7.82 Å². The number of phosphoric ester groups is 1. The van der Waals surface area contributed by atoms with Gasteiger partial charge in [-0.1, -0.05) is 6.92 Å². The molecule has 0 heterocycles. The van der Waals surface area contributed by atoms with Gasteiger partial charge in [0.2, 0.25) is 0 Å². The van der Waals surface area contributed by atoms with E-state index in [0.717, 1.165) is 13.5 Å². The van der Waals surface area contributed by atoms with Crippen molar-refractivity contribution in [3.05, 3.63) is 0 Å². The van der Waals surface area contributed by atoms with Crippen LogP contribution in [0.15, 0.2) is 0 Å². The molecule has 6 heteroatoms. The fraction of sp³-hybridized carbons (Fsp3) is 1.00. The summed E-state index contributed by atoms with van der Waals surface area (Å²) in [7, 11) is -1.10. The lowest BCUT2D eigenvalue weighted by atomic mass is 10.1. The van der Waals surface area contributed by atoms with Crippen molar-refractivity contribution in [1.82, 2.24) is 0 Å². The highest BCUT2D eigenvalue weighted by Gasteiger charge is 2.20. The van der Waals surface area contributed by atoms with E-state index < -0.39 is 7.82 Å². The van der Waals surface area contributed by atoms with Crippen LogP contribution in [0.3, 0.4) is 0 Å². The molecule has 0 amide bonds. The van der Waals surface area contributed by atoms with Crippen molar-refractivity contribution >= 4 is 7.82 Å². The monoisotopic (exact) mass is 212 g/mol. The molecule has 0 radical (unpaired) electrons. The molecule has 1 N–H and O–H groups in total. The maximum Gasteiger partial charge on any atom is 0.471 e. The van der Waals surface area contributed by atoms with E-state index in [1.54, 1.807) is 7.11 Å². The highest BCUT2D eigenvalue weighted by molar-refractivity contribution is 7.47. The van der Waals surface area contributed by atoms with Crippen molar-refractivity contribution in [3.63, 3.8) is 0 Å². The molecule has 0 saturated carbocycles. The predicted octanol–water partition coefficient (Wildman–Crippen LogP) is 1.42. The molecule has 0 saturated heterocycles. The first-order valence-electron chi connectivity index (χ1n) is 4.07. The van der Waals surface area contributed by atoms with E-state index in [0.29, 0.717) is 6.61 Å². The van der Waals surface area contributed by atoms with E-state index in [4.69, 9.17) is 14.2 Å². The van der Waals surface area contributed by atoms with Crippen molar-refractivity contribution in [1.29, 1.82) is 0 Å². The van der Waals surface area contributed by atoms with E-state index in [-0.39, 0.29) is 12.5 Å². The Morgan fingerprint density at radius 3 is 2.38 bits per heavy atom. The number of hydrogen-bond acceptors (Lipinski definition) is 4. The number of ether oxygens (including phenoxy) is 1. The van der Waals surface area contributed by atoms with Crippen molar-refractivity contribution < 1.29 is 23.2 Å². The Morgan fingerprint density at radius 2 is 2.00 bits per heavy atom. The molecule has 0 rings (SSSR count). The van der Waals surface area contributed by atoms with Crippen LogP contribution in [0, 0.1) is 5.92 Å². The van der Waals surface area contributed by atoms with Crippen molar-refractivity contribution in [2.24, 2.45) is 5.92 Å². The zero-order valence-corrected chi connectivity index (χ0v) is 9.12. The Kier molecular flexibility index (Phi) is 6.55. The largest absolute Gasteiger partial charge is 0.471 e. The summed E-state index contributed by atoms with van der Waals surface area (Å²) in [6.45, 7) is 2.65. The van der Waals surface area contributed by atoms with Gasteiger partial charge in [-0.25, -0.2) is 4.57 Å². The van der Waals surface area contributed by atoms with E-state index in [1.165, 1.54) is 0 Å². The smallest absolute Gasteiger partial charge is 0.384 e. The lowest BCUT2D eigenvalue weighted by Crippen LogP contribution is -2.13. The van der Waals surface area contributed by atoms with Gasteiger partial charge in [0.1, 0.15) is 0 Å². The van der Waals surface area contributed by atoms with E-state index in [9.17, 15) is 4.57 Å². The van der Waals surface area contributed by atoms with Gasteiger partial charge in [-0.15, -0.1) is 0 Å². The van der Waals surface area contributed by atoms with Crippen LogP contribution < -0.4 is 0 Å². The second kappa shape index (κ2) is 6.51. The van der Waals surface area contributed by atoms with Gasteiger partial charge < -0.3 is 9.63 Å². The maximum atomic E-state index is 10.9. The number of methoxy groups -OCH3 is 1. The molecule has 0 fully saturated rings. The Hall–Kier alpha value is 0.0700. The average Bonchev–Trinajstić information content (AvgIpc) is 2.12. The quantitative estimate of drug-likeness (QED) is 0.646. The Morgan fingerprint density at radius 1 is 1.38 bits per heavy atom. The molecule has 2 atom stereocenters. The molecule has 0 aliphatic heterocycles. The van der Waals surface area contributed by atoms with Crippen LogP contribution in [0.1, 0.15) is 13.3 Å². The Labute approximate surface area is 78.6 Å². The Balaban J connectivity index is 3.77. The Bertz CT molecular complexity index is 172. The van der Waals surface area contributed by atoms with Crippen LogP contribution >= 0.6 is 7.82 Å². The molecule has 13 heavy (non-hydrogen) atoms. The zero-order chi connectivity index (χ0) is 10.3. The third-order valence-electron chi connectivity index (χ3n) is 1.68. The highest BCUT2D eigenvalue weighted by Crippen LogP contribution is 2.42. The van der Waals surface area contributed by atoms with Crippen LogP contribution in [-0.2, 0) is 18.3 Å². The van der Waals surface area contributed by atoms with Gasteiger partial charge in [-0.2, -0.15) is 0 Å². The lowest BCUT2D eigenvalue weighted by Gasteiger charge is -2.15. The highest BCUT2D eigenvalue weighted by atomic mass is 31.2. The van der Waals surface area contributed by atoms with Gasteiger partial charge in [0, 0.05) is 20.1 Å². The fourth-order valence-corrected chi connectivity index (χ4v) is 1.28. The van der Waals surface area contributed by atoms with Crippen LogP contribution in [0.5, 0.6) is 0 Å². The summed E-state index contributed by atoms with van der Waals surface area (Å²) in [5, 5.41) is 0. The van der Waals surface area contributed by atoms with Crippen LogP contribution in [-0.4, -0.2) is 32.3 Å². The van der Waals surface area contributed by atoms with Gasteiger partial charge in [0.25, 0.3) is 0 Å². The molecule has 5 nitrogen and oxygen atoms in total. The molecule has 0 spiro atoms. The summed E-state index contributed by atoms with van der Waals surface area (Å²) in [6.07, 6.45) is 0.831. The van der Waals surface area contributed by atoms with E-state index in [1.807, 2.05) is 6.92 Å². The first kappa shape index (κ1) is 13.1. The minimum atomic E-state index is -3.82. The molecule has 0 aromatic carbocycles. The third kappa shape index (κ3) is 6.18. The molecular formula is C7H17O5P. The molecule has 0 bridgehead atoms. The summed E-state index contributed by atoms with van der Waals surface area (Å²) in [6, 6.07) is 0. The summed E-state index contributed by atoms with van der Waals surface area (Å²) < 4.78 is 24.7. The number of phosphoric acid groups is 1. The summed E-state index contributed by atoms with van der Waals surface area (Å²) in [5.41, 5.74) is 0. The van der Waals surface area contributed by atoms with Crippen molar-refractivity contribution in [2.45, 2.75) is 13.3 Å². The zero-order valence-electron chi connectivity index (χ0n) is 8.23. The van der Waals surface area contributed by atoms with Crippen LogP contribution in [0.25, 0.3) is 0 Å². The summed E-state index contributed by atoms with van der Waals surface area (Å²) >= 11 is 0. The molecule has 2 unspecified atom stereocenters. The second-order valence-electron chi connectivity index (χ2n) is 2.68. The molecular weight excluding hydrogens is 195 g/mol. The van der Waals surface area contributed by atoms with Gasteiger partial charge in [0.05, 0.1) is 13.2 Å². The van der Waals surface area contributed by atoms with E-state index >= 15 is 0 Å². The molecule has 0 aromatic heterocycles. The maximum absolute atomic E-state index is 10.9. The molecule has 80 valence electrons. The van der Waals surface area contributed by atoms with Crippen molar-refractivity contribution in [2.75, 3.05) is 27.4 Å². The number of hydrogen-bond donors (Lipinski definition) is 1. The minimum absolute atomic E-state index is 0.126. The standard InChI is InChI=1S/C7H17O5P/c1-4-7(5-10-2)6-12-13(8,9)11-3/h7H,4-6H2,1-3H3,(H,8,9). The molecule has 0 aliphatic rings. The first-order valence-corrected chi connectivity index (χ1v) is 5.57. The van der Waals surface area contributed by atoms with Crippen LogP contribution in [0.4, 0.5) is 0 Å². The van der Waals surface area contributed by atoms with E-state index in [2.05, 4.69) is 4.52 Å². The average molecular weight is 212 g/mol. The SMILES string of the molecule is CCC(COC)COP(=O)(O)OC.